The van der Waals surface area contributed by atoms with Crippen LogP contribution < -0.4 is 0 Å². The van der Waals surface area contributed by atoms with Gasteiger partial charge in [0.2, 0.25) is 0 Å². The summed E-state index contributed by atoms with van der Waals surface area (Å²) in [5, 5.41) is 11.7. The summed E-state index contributed by atoms with van der Waals surface area (Å²) in [6.07, 6.45) is 0. The lowest BCUT2D eigenvalue weighted by molar-refractivity contribution is 0.280. The van der Waals surface area contributed by atoms with E-state index in [1.807, 2.05) is 11.4 Å². The summed E-state index contributed by atoms with van der Waals surface area (Å²) >= 11 is 3.52. The van der Waals surface area contributed by atoms with Crippen molar-refractivity contribution in [2.24, 2.45) is 0 Å². The lowest BCUT2D eigenvalue weighted by atomic mass is 10.2. The minimum absolute atomic E-state index is 0.110. The smallest absolute Gasteiger partial charge is 0.141 e. The van der Waals surface area contributed by atoms with E-state index in [-0.39, 0.29) is 12.4 Å². The standard InChI is InChI=1S/C9H6FIOS/c10-7-3-5(4-12)8(11)6-1-2-13-9(6)7/h1-3,12H,4H2. The highest BCUT2D eigenvalue weighted by molar-refractivity contribution is 14.1. The first-order chi connectivity index (χ1) is 6.24. The van der Waals surface area contributed by atoms with Gasteiger partial charge in [-0.1, -0.05) is 0 Å². The van der Waals surface area contributed by atoms with Crippen LogP contribution in [-0.2, 0) is 6.61 Å². The van der Waals surface area contributed by atoms with Crippen molar-refractivity contribution in [1.82, 2.24) is 0 Å². The van der Waals surface area contributed by atoms with Gasteiger partial charge in [-0.05, 0) is 45.7 Å². The van der Waals surface area contributed by atoms with Crippen LogP contribution in [0.25, 0.3) is 10.1 Å². The summed E-state index contributed by atoms with van der Waals surface area (Å²) in [5.74, 6) is -0.241. The van der Waals surface area contributed by atoms with Crippen molar-refractivity contribution in [2.45, 2.75) is 6.61 Å². The number of fused-ring (bicyclic) bond motifs is 1. The second kappa shape index (κ2) is 3.51. The lowest BCUT2D eigenvalue weighted by Crippen LogP contribution is -1.90. The minimum atomic E-state index is -0.241. The summed E-state index contributed by atoms with van der Waals surface area (Å²) < 4.78 is 15.0. The molecule has 13 heavy (non-hydrogen) atoms. The van der Waals surface area contributed by atoms with Crippen LogP contribution in [0.1, 0.15) is 5.56 Å². The molecule has 0 radical (unpaired) electrons. The van der Waals surface area contributed by atoms with Crippen LogP contribution in [-0.4, -0.2) is 5.11 Å². The molecule has 0 saturated heterocycles. The Kier molecular flexibility index (Phi) is 2.53. The molecule has 1 nitrogen and oxygen atoms in total. The average Bonchev–Trinajstić information content (AvgIpc) is 2.60. The van der Waals surface area contributed by atoms with Crippen molar-refractivity contribution in [2.75, 3.05) is 0 Å². The van der Waals surface area contributed by atoms with Crippen molar-refractivity contribution < 1.29 is 9.50 Å². The number of benzene rings is 1. The molecule has 2 aromatic rings. The van der Waals surface area contributed by atoms with Gasteiger partial charge in [-0.3, -0.25) is 0 Å². The molecule has 0 spiro atoms. The third kappa shape index (κ3) is 1.47. The predicted molar refractivity (Wildman–Crippen MR) is 60.4 cm³/mol. The van der Waals surface area contributed by atoms with Gasteiger partial charge in [-0.15, -0.1) is 11.3 Å². The van der Waals surface area contributed by atoms with Gasteiger partial charge >= 0.3 is 0 Å². The zero-order chi connectivity index (χ0) is 9.42. The molecular formula is C9H6FIOS. The van der Waals surface area contributed by atoms with Crippen LogP contribution in [0.5, 0.6) is 0 Å². The second-order valence-corrected chi connectivity index (χ2v) is 4.65. The molecule has 0 unspecified atom stereocenters. The molecule has 4 heteroatoms. The maximum absolute atomic E-state index is 13.3. The van der Waals surface area contributed by atoms with E-state index >= 15 is 0 Å². The Morgan fingerprint density at radius 2 is 2.31 bits per heavy atom. The van der Waals surface area contributed by atoms with E-state index in [4.69, 9.17) is 5.11 Å². The fourth-order valence-electron chi connectivity index (χ4n) is 1.24. The Morgan fingerprint density at radius 1 is 1.54 bits per heavy atom. The topological polar surface area (TPSA) is 20.2 Å². The first-order valence-electron chi connectivity index (χ1n) is 3.69. The molecule has 1 aromatic carbocycles. The van der Waals surface area contributed by atoms with Gasteiger partial charge in [0.15, 0.2) is 0 Å². The molecule has 0 aliphatic heterocycles. The molecule has 0 bridgehead atoms. The van der Waals surface area contributed by atoms with E-state index in [2.05, 4.69) is 22.6 Å². The van der Waals surface area contributed by atoms with Crippen molar-refractivity contribution in [3.63, 3.8) is 0 Å². The number of hydrogen-bond donors (Lipinski definition) is 1. The number of hydrogen-bond acceptors (Lipinski definition) is 2. The zero-order valence-corrected chi connectivity index (χ0v) is 9.52. The quantitative estimate of drug-likeness (QED) is 0.803. The van der Waals surface area contributed by atoms with Crippen molar-refractivity contribution >= 4 is 44.0 Å². The van der Waals surface area contributed by atoms with Gasteiger partial charge in [0.1, 0.15) is 5.82 Å². The van der Waals surface area contributed by atoms with E-state index in [1.54, 1.807) is 0 Å². The summed E-state index contributed by atoms with van der Waals surface area (Å²) in [7, 11) is 0. The summed E-state index contributed by atoms with van der Waals surface area (Å²) in [5.41, 5.74) is 0.656. The molecule has 0 atom stereocenters. The van der Waals surface area contributed by atoms with Crippen LogP contribution >= 0.6 is 33.9 Å². The highest BCUT2D eigenvalue weighted by Gasteiger charge is 2.10. The summed E-state index contributed by atoms with van der Waals surface area (Å²) in [6, 6.07) is 3.28. The Hall–Kier alpha value is -0.200. The fraction of sp³-hybridized carbons (Fsp3) is 0.111. The molecule has 1 aromatic heterocycles. The maximum Gasteiger partial charge on any atom is 0.141 e. The van der Waals surface area contributed by atoms with Crippen LogP contribution in [0.15, 0.2) is 17.5 Å². The van der Waals surface area contributed by atoms with Gasteiger partial charge < -0.3 is 5.11 Å². The molecule has 0 amide bonds. The second-order valence-electron chi connectivity index (χ2n) is 2.65. The van der Waals surface area contributed by atoms with Crippen molar-refractivity contribution in [1.29, 1.82) is 0 Å². The van der Waals surface area contributed by atoms with Gasteiger partial charge in [0, 0.05) is 8.96 Å². The first kappa shape index (κ1) is 9.36. The maximum atomic E-state index is 13.3. The molecule has 1 N–H and O–H groups in total. The molecule has 1 heterocycles. The van der Waals surface area contributed by atoms with E-state index in [1.165, 1.54) is 17.4 Å². The van der Waals surface area contributed by atoms with E-state index in [0.717, 1.165) is 8.96 Å². The summed E-state index contributed by atoms with van der Waals surface area (Å²) in [6.45, 7) is -0.110. The first-order valence-corrected chi connectivity index (χ1v) is 5.65. The van der Waals surface area contributed by atoms with Crippen LogP contribution in [0.4, 0.5) is 4.39 Å². The fourth-order valence-corrected chi connectivity index (χ4v) is 3.00. The van der Waals surface area contributed by atoms with Gasteiger partial charge in [0.05, 0.1) is 11.3 Å². The highest BCUT2D eigenvalue weighted by Crippen LogP contribution is 2.30. The molecule has 68 valence electrons. The monoisotopic (exact) mass is 308 g/mol. The molecule has 0 aliphatic rings. The Balaban J connectivity index is 2.85. The molecular weight excluding hydrogens is 302 g/mol. The van der Waals surface area contributed by atoms with Gasteiger partial charge in [-0.25, -0.2) is 4.39 Å². The highest BCUT2D eigenvalue weighted by atomic mass is 127. The average molecular weight is 308 g/mol. The Bertz CT molecular complexity index is 452. The number of aliphatic hydroxyl groups excluding tert-OH is 1. The number of thiophene rings is 1. The zero-order valence-electron chi connectivity index (χ0n) is 6.55. The molecule has 0 aliphatic carbocycles. The molecule has 0 fully saturated rings. The van der Waals surface area contributed by atoms with Crippen molar-refractivity contribution in [3.8, 4) is 0 Å². The minimum Gasteiger partial charge on any atom is -0.392 e. The largest absolute Gasteiger partial charge is 0.392 e. The number of halogens is 2. The normalized spacial score (nSPS) is 11.0. The van der Waals surface area contributed by atoms with Crippen LogP contribution in [0.2, 0.25) is 0 Å². The molecule has 2 rings (SSSR count). The van der Waals surface area contributed by atoms with Gasteiger partial charge in [-0.2, -0.15) is 0 Å². The molecule has 0 saturated carbocycles. The SMILES string of the molecule is OCc1cc(F)c2sccc2c1I. The predicted octanol–water partition coefficient (Wildman–Crippen LogP) is 3.14. The van der Waals surface area contributed by atoms with E-state index < -0.39 is 0 Å². The summed E-state index contributed by atoms with van der Waals surface area (Å²) in [4.78, 5) is 0. The third-order valence-corrected chi connectivity index (χ3v) is 4.07. The Morgan fingerprint density at radius 3 is 3.00 bits per heavy atom. The number of aliphatic hydroxyl groups is 1. The third-order valence-electron chi connectivity index (χ3n) is 1.87. The van der Waals surface area contributed by atoms with Crippen LogP contribution in [0.3, 0.4) is 0 Å². The number of rotatable bonds is 1. The van der Waals surface area contributed by atoms with E-state index in [0.29, 0.717) is 10.3 Å². The Labute approximate surface area is 92.3 Å². The van der Waals surface area contributed by atoms with Gasteiger partial charge in [0.25, 0.3) is 0 Å². The van der Waals surface area contributed by atoms with Crippen LogP contribution in [0, 0.1) is 9.39 Å². The lowest BCUT2D eigenvalue weighted by Gasteiger charge is -2.02. The van der Waals surface area contributed by atoms with E-state index in [9.17, 15) is 4.39 Å². The van der Waals surface area contributed by atoms with Crippen molar-refractivity contribution in [3.05, 3.63) is 32.5 Å².